The predicted octanol–water partition coefficient (Wildman–Crippen LogP) is 6.63. The fraction of sp³-hybridized carbons (Fsp3) is 0. The summed E-state index contributed by atoms with van der Waals surface area (Å²) in [6.45, 7) is 0. The van der Waals surface area contributed by atoms with Crippen LogP contribution in [-0.4, -0.2) is 24.0 Å². The number of hydrogen-bond donors (Lipinski definition) is 2. The van der Waals surface area contributed by atoms with E-state index < -0.39 is 17.8 Å². The van der Waals surface area contributed by atoms with Crippen molar-refractivity contribution in [2.45, 2.75) is 0 Å². The Hall–Kier alpha value is -4.72. The van der Waals surface area contributed by atoms with Gasteiger partial charge in [-0.1, -0.05) is 71.7 Å². The Morgan fingerprint density at radius 3 is 2.36 bits per heavy atom. The molecule has 0 fully saturated rings. The van der Waals surface area contributed by atoms with Gasteiger partial charge in [0.2, 0.25) is 0 Å². The lowest BCUT2D eigenvalue weighted by Crippen LogP contribution is -2.18. The molecule has 0 aliphatic rings. The van der Waals surface area contributed by atoms with E-state index in [1.165, 1.54) is 30.5 Å². The van der Waals surface area contributed by atoms with Gasteiger partial charge in [-0.2, -0.15) is 5.10 Å². The summed E-state index contributed by atoms with van der Waals surface area (Å²) >= 11 is 12.0. The molecule has 9 heteroatoms. The Bertz CT molecular complexity index is 1570. The highest BCUT2D eigenvalue weighted by molar-refractivity contribution is 6.37. The van der Waals surface area contributed by atoms with Crippen molar-refractivity contribution in [1.29, 1.82) is 0 Å². The molecule has 0 aliphatic carbocycles. The van der Waals surface area contributed by atoms with E-state index in [1.807, 2.05) is 30.3 Å². The van der Waals surface area contributed by atoms with Crippen molar-refractivity contribution in [2.75, 3.05) is 5.32 Å². The Morgan fingerprint density at radius 2 is 1.56 bits per heavy atom. The number of benzene rings is 4. The Morgan fingerprint density at radius 1 is 0.795 bits per heavy atom. The number of hydrogen-bond acceptors (Lipinski definition) is 5. The number of carbonyl (C=O) groups excluding carboxylic acids is 3. The molecule has 7 nitrogen and oxygen atoms in total. The summed E-state index contributed by atoms with van der Waals surface area (Å²) in [5.41, 5.74) is 4.68. The van der Waals surface area contributed by atoms with Gasteiger partial charge in [-0.25, -0.2) is 10.2 Å². The van der Waals surface area contributed by atoms with Crippen molar-refractivity contribution in [3.05, 3.63) is 135 Å². The summed E-state index contributed by atoms with van der Waals surface area (Å²) in [7, 11) is 0. The first-order valence-electron chi connectivity index (χ1n) is 11.6. The summed E-state index contributed by atoms with van der Waals surface area (Å²) in [5, 5.41) is 7.31. The molecule has 0 aliphatic heterocycles. The van der Waals surface area contributed by atoms with E-state index in [0.717, 1.165) is 5.56 Å². The molecule has 0 saturated carbocycles. The van der Waals surface area contributed by atoms with Gasteiger partial charge in [-0.05, 0) is 60.2 Å². The van der Waals surface area contributed by atoms with Crippen molar-refractivity contribution in [3.8, 4) is 5.75 Å². The summed E-state index contributed by atoms with van der Waals surface area (Å²) in [6.07, 6.45) is 4.35. The van der Waals surface area contributed by atoms with Crippen molar-refractivity contribution in [2.24, 2.45) is 5.10 Å². The minimum absolute atomic E-state index is 0.210. The maximum absolute atomic E-state index is 12.6. The van der Waals surface area contributed by atoms with E-state index in [1.54, 1.807) is 54.6 Å². The van der Waals surface area contributed by atoms with Crippen LogP contribution in [0.2, 0.25) is 10.0 Å². The number of anilines is 1. The molecule has 0 atom stereocenters. The van der Waals surface area contributed by atoms with E-state index in [0.29, 0.717) is 16.3 Å². The van der Waals surface area contributed by atoms with E-state index in [-0.39, 0.29) is 21.9 Å². The lowest BCUT2D eigenvalue weighted by molar-refractivity contribution is -0.128. The number of nitrogens with one attached hydrogen (secondary N) is 2. The standard InChI is InChI=1S/C30H21Cl2N3O4/c31-23-14-15-25(26(32)18-23)30(38)34-24-11-6-10-21(17-24)29(37)35-33-19-22-9-4-5-12-27(22)39-28(36)16-13-20-7-2-1-3-8-20/h1-19H,(H,34,38)(H,35,37)/b16-13+,33-19?. The predicted molar refractivity (Wildman–Crippen MR) is 153 cm³/mol. The topological polar surface area (TPSA) is 96.9 Å². The third kappa shape index (κ3) is 7.88. The molecule has 0 unspecified atom stereocenters. The highest BCUT2D eigenvalue weighted by atomic mass is 35.5. The summed E-state index contributed by atoms with van der Waals surface area (Å²) in [5.74, 6) is -1.23. The van der Waals surface area contributed by atoms with Gasteiger partial charge in [0.25, 0.3) is 11.8 Å². The second kappa shape index (κ2) is 13.2. The molecule has 194 valence electrons. The van der Waals surface area contributed by atoms with Crippen LogP contribution in [0.25, 0.3) is 6.08 Å². The quantitative estimate of drug-likeness (QED) is 0.0835. The first-order chi connectivity index (χ1) is 18.9. The Balaban J connectivity index is 1.37. The first kappa shape index (κ1) is 27.3. The zero-order valence-corrected chi connectivity index (χ0v) is 21.8. The monoisotopic (exact) mass is 557 g/mol. The zero-order chi connectivity index (χ0) is 27.6. The lowest BCUT2D eigenvalue weighted by Gasteiger charge is -2.08. The normalized spacial score (nSPS) is 10.9. The van der Waals surface area contributed by atoms with Crippen molar-refractivity contribution in [3.63, 3.8) is 0 Å². The number of esters is 1. The van der Waals surface area contributed by atoms with Gasteiger partial charge in [0.05, 0.1) is 16.8 Å². The van der Waals surface area contributed by atoms with Crippen molar-refractivity contribution >= 4 is 59.0 Å². The van der Waals surface area contributed by atoms with Crippen molar-refractivity contribution < 1.29 is 19.1 Å². The Kier molecular flexibility index (Phi) is 9.24. The minimum atomic E-state index is -0.553. The van der Waals surface area contributed by atoms with Crippen LogP contribution < -0.4 is 15.5 Å². The number of amides is 2. The number of rotatable bonds is 8. The van der Waals surface area contributed by atoms with Crippen LogP contribution in [0.15, 0.2) is 108 Å². The Labute approximate surface area is 234 Å². The summed E-state index contributed by atoms with van der Waals surface area (Å²) < 4.78 is 5.43. The number of halogens is 2. The minimum Gasteiger partial charge on any atom is -0.423 e. The largest absolute Gasteiger partial charge is 0.423 e. The number of hydrazone groups is 1. The molecular formula is C30H21Cl2N3O4. The average molecular weight is 558 g/mol. The smallest absolute Gasteiger partial charge is 0.336 e. The second-order valence-corrected chi connectivity index (χ2v) is 8.90. The van der Waals surface area contributed by atoms with E-state index in [2.05, 4.69) is 15.8 Å². The van der Waals surface area contributed by atoms with Gasteiger partial charge in [0, 0.05) is 27.9 Å². The zero-order valence-electron chi connectivity index (χ0n) is 20.3. The maximum Gasteiger partial charge on any atom is 0.336 e. The molecule has 2 N–H and O–H groups in total. The van der Waals surface area contributed by atoms with Crippen LogP contribution in [0.4, 0.5) is 5.69 Å². The van der Waals surface area contributed by atoms with Crippen molar-refractivity contribution in [1.82, 2.24) is 5.43 Å². The SMILES string of the molecule is O=C(/C=C/c1ccccc1)Oc1ccccc1C=NNC(=O)c1cccc(NC(=O)c2ccc(Cl)cc2Cl)c1. The highest BCUT2D eigenvalue weighted by Gasteiger charge is 2.13. The van der Waals surface area contributed by atoms with Crippen LogP contribution in [0, 0.1) is 0 Å². The molecule has 4 aromatic rings. The van der Waals surface area contributed by atoms with E-state index >= 15 is 0 Å². The first-order valence-corrected chi connectivity index (χ1v) is 12.4. The fourth-order valence-corrected chi connectivity index (χ4v) is 3.88. The molecule has 39 heavy (non-hydrogen) atoms. The van der Waals surface area contributed by atoms with Gasteiger partial charge >= 0.3 is 5.97 Å². The van der Waals surface area contributed by atoms with Crippen LogP contribution >= 0.6 is 23.2 Å². The molecule has 0 aromatic heterocycles. The van der Waals surface area contributed by atoms with Gasteiger partial charge in [0.15, 0.2) is 0 Å². The third-order valence-corrected chi connectivity index (χ3v) is 5.82. The fourth-order valence-electron chi connectivity index (χ4n) is 3.39. The molecule has 4 rings (SSSR count). The highest BCUT2D eigenvalue weighted by Crippen LogP contribution is 2.22. The van der Waals surface area contributed by atoms with Gasteiger partial charge in [0.1, 0.15) is 5.75 Å². The van der Waals surface area contributed by atoms with Gasteiger partial charge in [-0.15, -0.1) is 0 Å². The molecular weight excluding hydrogens is 537 g/mol. The molecule has 0 spiro atoms. The van der Waals surface area contributed by atoms with Crippen LogP contribution in [0.5, 0.6) is 5.75 Å². The number of para-hydroxylation sites is 1. The number of carbonyl (C=O) groups is 3. The average Bonchev–Trinajstić information content (AvgIpc) is 2.93. The third-order valence-electron chi connectivity index (χ3n) is 5.27. The molecule has 0 saturated heterocycles. The molecule has 0 radical (unpaired) electrons. The summed E-state index contributed by atoms with van der Waals surface area (Å²) in [6, 6.07) is 27.0. The number of nitrogens with zero attached hydrogens (tertiary/aromatic N) is 1. The molecule has 4 aromatic carbocycles. The van der Waals surface area contributed by atoms with Crippen LogP contribution in [-0.2, 0) is 4.79 Å². The maximum atomic E-state index is 12.6. The lowest BCUT2D eigenvalue weighted by atomic mass is 10.1. The van der Waals surface area contributed by atoms with E-state index in [9.17, 15) is 14.4 Å². The molecule has 2 amide bonds. The van der Waals surface area contributed by atoms with Crippen LogP contribution in [0.1, 0.15) is 31.8 Å². The summed E-state index contributed by atoms with van der Waals surface area (Å²) in [4.78, 5) is 37.5. The van der Waals surface area contributed by atoms with Gasteiger partial charge < -0.3 is 10.1 Å². The van der Waals surface area contributed by atoms with E-state index in [4.69, 9.17) is 27.9 Å². The molecule has 0 heterocycles. The molecule has 0 bridgehead atoms. The van der Waals surface area contributed by atoms with Crippen LogP contribution in [0.3, 0.4) is 0 Å². The number of ether oxygens (including phenoxy) is 1. The van der Waals surface area contributed by atoms with Gasteiger partial charge in [-0.3, -0.25) is 9.59 Å². The second-order valence-electron chi connectivity index (χ2n) is 8.06.